The molecule has 1 aromatic rings. The highest BCUT2D eigenvalue weighted by Crippen LogP contribution is 2.07. The van der Waals surface area contributed by atoms with Crippen molar-refractivity contribution in [3.8, 4) is 0 Å². The van der Waals surface area contributed by atoms with Crippen LogP contribution in [0.25, 0.3) is 0 Å². The van der Waals surface area contributed by atoms with Gasteiger partial charge in [0.15, 0.2) is 0 Å². The normalized spacial score (nSPS) is 19.6. The maximum atomic E-state index is 11.4. The summed E-state index contributed by atoms with van der Waals surface area (Å²) in [6, 6.07) is 3.63. The molecule has 0 spiro atoms. The van der Waals surface area contributed by atoms with Crippen LogP contribution in [0.15, 0.2) is 24.5 Å². The molecule has 2 heterocycles. The number of carbonyl (C=O) groups excluding carboxylic acids is 1. The van der Waals surface area contributed by atoms with Gasteiger partial charge in [0.1, 0.15) is 0 Å². The van der Waals surface area contributed by atoms with Crippen molar-refractivity contribution >= 4 is 16.1 Å². The fourth-order valence-corrected chi connectivity index (χ4v) is 2.59. The lowest BCUT2D eigenvalue weighted by Crippen LogP contribution is -2.31. The Labute approximate surface area is 93.5 Å². The summed E-state index contributed by atoms with van der Waals surface area (Å²) in [6.45, 7) is 0.207. The van der Waals surface area contributed by atoms with E-state index in [-0.39, 0.29) is 6.54 Å². The topological polar surface area (TPSA) is 79.4 Å². The Hall–Kier alpha value is -1.47. The van der Waals surface area contributed by atoms with E-state index in [1.807, 2.05) is 16.9 Å². The Morgan fingerprint density at radius 1 is 1.38 bits per heavy atom. The third kappa shape index (κ3) is 2.37. The van der Waals surface area contributed by atoms with Gasteiger partial charge < -0.3 is 0 Å². The molecule has 0 atom stereocenters. The van der Waals surface area contributed by atoms with E-state index < -0.39 is 16.1 Å². The summed E-state index contributed by atoms with van der Waals surface area (Å²) in [5.74, 6) is -0.477. The maximum absolute atomic E-state index is 11.4. The van der Waals surface area contributed by atoms with Crippen molar-refractivity contribution < 1.29 is 13.2 Å². The number of pyridine rings is 1. The molecule has 0 aromatic carbocycles. The van der Waals surface area contributed by atoms with Gasteiger partial charge >= 0.3 is 10.2 Å². The average molecular weight is 241 g/mol. The van der Waals surface area contributed by atoms with Gasteiger partial charge in [0.25, 0.3) is 0 Å². The van der Waals surface area contributed by atoms with Crippen LogP contribution in [0.5, 0.6) is 0 Å². The van der Waals surface area contributed by atoms with Crippen molar-refractivity contribution in [1.82, 2.24) is 14.0 Å². The molecule has 0 bridgehead atoms. The second kappa shape index (κ2) is 4.18. The summed E-state index contributed by atoms with van der Waals surface area (Å²) in [7, 11) is -3.59. The van der Waals surface area contributed by atoms with E-state index in [4.69, 9.17) is 0 Å². The Bertz CT molecular complexity index is 486. The molecule has 0 saturated carbocycles. The van der Waals surface area contributed by atoms with Gasteiger partial charge in [-0.2, -0.15) is 12.7 Å². The van der Waals surface area contributed by atoms with Crippen molar-refractivity contribution in [2.24, 2.45) is 0 Å². The van der Waals surface area contributed by atoms with Crippen LogP contribution < -0.4 is 4.72 Å². The lowest BCUT2D eigenvalue weighted by Gasteiger charge is -2.11. The Kier molecular flexibility index (Phi) is 2.88. The van der Waals surface area contributed by atoms with E-state index in [2.05, 4.69) is 4.98 Å². The Morgan fingerprint density at radius 2 is 2.06 bits per heavy atom. The molecule has 1 fully saturated rings. The second-order valence-corrected chi connectivity index (χ2v) is 5.14. The molecule has 1 aliphatic heterocycles. The lowest BCUT2D eigenvalue weighted by atomic mass is 10.2. The van der Waals surface area contributed by atoms with Crippen molar-refractivity contribution in [1.29, 1.82) is 0 Å². The quantitative estimate of drug-likeness (QED) is 0.759. The highest BCUT2D eigenvalue weighted by Gasteiger charge is 2.32. The summed E-state index contributed by atoms with van der Waals surface area (Å²) >= 11 is 0. The average Bonchev–Trinajstić information content (AvgIpc) is 2.50. The highest BCUT2D eigenvalue weighted by atomic mass is 32.2. The molecule has 6 nitrogen and oxygen atoms in total. The van der Waals surface area contributed by atoms with Gasteiger partial charge in [-0.05, 0) is 24.1 Å². The predicted molar refractivity (Wildman–Crippen MR) is 56.6 cm³/mol. The third-order valence-electron chi connectivity index (χ3n) is 2.30. The highest BCUT2D eigenvalue weighted by molar-refractivity contribution is 7.88. The molecule has 0 unspecified atom stereocenters. The fraction of sp³-hybridized carbons (Fsp3) is 0.333. The van der Waals surface area contributed by atoms with Crippen LogP contribution in [-0.4, -0.2) is 36.7 Å². The minimum atomic E-state index is -3.59. The molecule has 2 rings (SSSR count). The number of rotatable bonds is 3. The van der Waals surface area contributed by atoms with Crippen LogP contribution in [0.3, 0.4) is 0 Å². The Balaban J connectivity index is 1.99. The molecule has 1 aromatic heterocycles. The van der Waals surface area contributed by atoms with Gasteiger partial charge in [0.05, 0.1) is 6.54 Å². The van der Waals surface area contributed by atoms with Crippen molar-refractivity contribution in [3.05, 3.63) is 30.1 Å². The van der Waals surface area contributed by atoms with Gasteiger partial charge in [-0.25, -0.2) is 4.72 Å². The molecule has 0 aliphatic carbocycles. The maximum Gasteiger partial charge on any atom is 0.304 e. The minimum Gasteiger partial charge on any atom is -0.272 e. The molecule has 1 saturated heterocycles. The molecule has 16 heavy (non-hydrogen) atoms. The van der Waals surface area contributed by atoms with Gasteiger partial charge in [0.2, 0.25) is 5.91 Å². The number of hydrogen-bond donors (Lipinski definition) is 1. The zero-order valence-corrected chi connectivity index (χ0v) is 9.27. The predicted octanol–water partition coefficient (Wildman–Crippen LogP) is -0.699. The molecular formula is C9H11N3O3S. The minimum absolute atomic E-state index is 0.0899. The standard InChI is InChI=1S/C9H11N3O3S/c13-9-7-12(16(14,15)11-9)6-3-8-1-4-10-5-2-8/h1-2,4-5H,3,6-7H2,(H,11,13). The fourth-order valence-electron chi connectivity index (χ4n) is 1.49. The number of amides is 1. The molecule has 1 amide bonds. The molecule has 86 valence electrons. The van der Waals surface area contributed by atoms with Crippen molar-refractivity contribution in [2.75, 3.05) is 13.1 Å². The number of carbonyl (C=O) groups is 1. The van der Waals surface area contributed by atoms with E-state index in [9.17, 15) is 13.2 Å². The number of nitrogens with one attached hydrogen (secondary N) is 1. The van der Waals surface area contributed by atoms with Crippen LogP contribution in [0.2, 0.25) is 0 Å². The van der Waals surface area contributed by atoms with Gasteiger partial charge in [0, 0.05) is 18.9 Å². The van der Waals surface area contributed by atoms with E-state index >= 15 is 0 Å². The van der Waals surface area contributed by atoms with E-state index in [0.29, 0.717) is 13.0 Å². The number of hydrogen-bond acceptors (Lipinski definition) is 4. The largest absolute Gasteiger partial charge is 0.304 e. The van der Waals surface area contributed by atoms with E-state index in [1.54, 1.807) is 12.4 Å². The van der Waals surface area contributed by atoms with Crippen LogP contribution in [0.4, 0.5) is 0 Å². The Morgan fingerprint density at radius 3 is 2.62 bits per heavy atom. The van der Waals surface area contributed by atoms with Crippen LogP contribution >= 0.6 is 0 Å². The van der Waals surface area contributed by atoms with Gasteiger partial charge in [-0.1, -0.05) is 0 Å². The lowest BCUT2D eigenvalue weighted by molar-refractivity contribution is -0.118. The van der Waals surface area contributed by atoms with Crippen molar-refractivity contribution in [2.45, 2.75) is 6.42 Å². The third-order valence-corrected chi connectivity index (χ3v) is 3.78. The smallest absolute Gasteiger partial charge is 0.272 e. The molecular weight excluding hydrogens is 230 g/mol. The van der Waals surface area contributed by atoms with Gasteiger partial charge in [-0.3, -0.25) is 9.78 Å². The first-order valence-electron chi connectivity index (χ1n) is 4.77. The summed E-state index contributed by atoms with van der Waals surface area (Å²) in [5, 5.41) is 0. The van der Waals surface area contributed by atoms with E-state index in [0.717, 1.165) is 9.87 Å². The summed E-state index contributed by atoms with van der Waals surface area (Å²) < 4.78 is 25.8. The molecule has 1 aliphatic rings. The van der Waals surface area contributed by atoms with Crippen LogP contribution in [-0.2, 0) is 21.4 Å². The monoisotopic (exact) mass is 241 g/mol. The van der Waals surface area contributed by atoms with Crippen LogP contribution in [0.1, 0.15) is 5.56 Å². The number of aromatic nitrogens is 1. The first-order valence-corrected chi connectivity index (χ1v) is 6.21. The molecule has 1 N–H and O–H groups in total. The zero-order chi connectivity index (χ0) is 11.6. The summed E-state index contributed by atoms with van der Waals surface area (Å²) in [4.78, 5) is 14.8. The first-order chi connectivity index (χ1) is 7.58. The molecule has 0 radical (unpaired) electrons. The number of nitrogens with zero attached hydrogens (tertiary/aromatic N) is 2. The van der Waals surface area contributed by atoms with Crippen LogP contribution in [0, 0.1) is 0 Å². The second-order valence-electron chi connectivity index (χ2n) is 3.47. The summed E-state index contributed by atoms with van der Waals surface area (Å²) in [6.07, 6.45) is 3.87. The SMILES string of the molecule is O=C1CN(CCc2ccncc2)S(=O)(=O)N1. The van der Waals surface area contributed by atoms with Gasteiger partial charge in [-0.15, -0.1) is 0 Å². The first kappa shape index (κ1) is 11.0. The zero-order valence-electron chi connectivity index (χ0n) is 8.46. The van der Waals surface area contributed by atoms with Crippen molar-refractivity contribution in [3.63, 3.8) is 0 Å². The molecule has 7 heteroatoms. The van der Waals surface area contributed by atoms with E-state index in [1.165, 1.54) is 0 Å². The summed E-state index contributed by atoms with van der Waals surface area (Å²) in [5.41, 5.74) is 0.990.